The molecule has 0 bridgehead atoms. The maximum atomic E-state index is 12.7. The Hall–Kier alpha value is -2.48. The average molecular weight is 446 g/mol. The van der Waals surface area contributed by atoms with Crippen molar-refractivity contribution in [3.63, 3.8) is 0 Å². The molecule has 2 aliphatic heterocycles. The van der Waals surface area contributed by atoms with Crippen LogP contribution in [0.4, 0.5) is 0 Å². The van der Waals surface area contributed by atoms with Crippen LogP contribution in [0.3, 0.4) is 0 Å². The molecular weight excluding hydrogens is 406 g/mol. The molecule has 0 aliphatic carbocycles. The lowest BCUT2D eigenvalue weighted by molar-refractivity contribution is -0.135. The second-order valence-electron chi connectivity index (χ2n) is 8.51. The second kappa shape index (κ2) is 11.9. The number of guanidine groups is 1. The molecule has 2 fully saturated rings. The van der Waals surface area contributed by atoms with Crippen LogP contribution in [-0.2, 0) is 4.79 Å². The molecule has 1 aromatic carbocycles. The standard InChI is InChI=1S/C24H39N5O3/c1-5-25-24(26-18-19(2)32-22-11-7-6-10-21(22)31-4)29-16-14-27(15-17-29)20(3)23(30)28-12-8-9-13-28/h6-7,10-11,19-20H,5,8-9,12-18H2,1-4H3,(H,25,26). The molecule has 0 saturated carbocycles. The summed E-state index contributed by atoms with van der Waals surface area (Å²) in [4.78, 5) is 24.2. The van der Waals surface area contributed by atoms with Gasteiger partial charge in [0.15, 0.2) is 17.5 Å². The first-order valence-corrected chi connectivity index (χ1v) is 11.9. The molecule has 2 aliphatic rings. The number of hydrogen-bond donors (Lipinski definition) is 1. The number of piperazine rings is 1. The van der Waals surface area contributed by atoms with Gasteiger partial charge in [-0.25, -0.2) is 4.99 Å². The van der Waals surface area contributed by atoms with Crippen LogP contribution >= 0.6 is 0 Å². The molecule has 8 heteroatoms. The second-order valence-corrected chi connectivity index (χ2v) is 8.51. The van der Waals surface area contributed by atoms with Gasteiger partial charge in [-0.2, -0.15) is 0 Å². The molecule has 32 heavy (non-hydrogen) atoms. The summed E-state index contributed by atoms with van der Waals surface area (Å²) in [5.74, 6) is 2.64. The van der Waals surface area contributed by atoms with E-state index in [0.717, 1.165) is 76.1 Å². The van der Waals surface area contributed by atoms with Crippen LogP contribution in [0.2, 0.25) is 0 Å². The van der Waals surface area contributed by atoms with Crippen LogP contribution in [0.15, 0.2) is 29.3 Å². The summed E-state index contributed by atoms with van der Waals surface area (Å²) in [5, 5.41) is 3.41. The van der Waals surface area contributed by atoms with Gasteiger partial charge in [0.25, 0.3) is 0 Å². The number of para-hydroxylation sites is 2. The lowest BCUT2D eigenvalue weighted by Crippen LogP contribution is -2.57. The molecule has 8 nitrogen and oxygen atoms in total. The van der Waals surface area contributed by atoms with Crippen LogP contribution in [0.1, 0.15) is 33.6 Å². The molecule has 1 amide bonds. The lowest BCUT2D eigenvalue weighted by atomic mass is 10.2. The van der Waals surface area contributed by atoms with Gasteiger partial charge in [-0.3, -0.25) is 9.69 Å². The van der Waals surface area contributed by atoms with Crippen molar-refractivity contribution in [1.82, 2.24) is 20.0 Å². The van der Waals surface area contributed by atoms with E-state index in [2.05, 4.69) is 22.0 Å². The van der Waals surface area contributed by atoms with E-state index in [1.165, 1.54) is 0 Å². The highest BCUT2D eigenvalue weighted by atomic mass is 16.5. The Balaban J connectivity index is 1.53. The minimum atomic E-state index is -0.0839. The molecule has 3 rings (SSSR count). The topological polar surface area (TPSA) is 69.6 Å². The zero-order chi connectivity index (χ0) is 22.9. The first-order valence-electron chi connectivity index (χ1n) is 11.9. The third-order valence-electron chi connectivity index (χ3n) is 6.17. The number of hydrogen-bond acceptors (Lipinski definition) is 5. The van der Waals surface area contributed by atoms with Crippen molar-refractivity contribution >= 4 is 11.9 Å². The van der Waals surface area contributed by atoms with E-state index in [1.807, 2.05) is 43.0 Å². The van der Waals surface area contributed by atoms with Gasteiger partial charge in [0, 0.05) is 45.8 Å². The SMILES string of the molecule is CCNC(=NCC(C)Oc1ccccc1OC)N1CCN(C(C)C(=O)N2CCCC2)CC1. The summed E-state index contributed by atoms with van der Waals surface area (Å²) in [7, 11) is 1.65. The largest absolute Gasteiger partial charge is 0.493 e. The number of nitrogens with zero attached hydrogens (tertiary/aromatic N) is 4. The molecular formula is C24H39N5O3. The summed E-state index contributed by atoms with van der Waals surface area (Å²) in [5.41, 5.74) is 0. The van der Waals surface area contributed by atoms with Gasteiger partial charge in [0.1, 0.15) is 6.10 Å². The number of rotatable bonds is 8. The van der Waals surface area contributed by atoms with Crippen molar-refractivity contribution in [2.24, 2.45) is 4.99 Å². The molecule has 0 radical (unpaired) electrons. The number of methoxy groups -OCH3 is 1. The summed E-state index contributed by atoms with van der Waals surface area (Å²) < 4.78 is 11.4. The zero-order valence-electron chi connectivity index (χ0n) is 20.0. The summed E-state index contributed by atoms with van der Waals surface area (Å²) in [6.45, 7) is 12.8. The fourth-order valence-electron chi connectivity index (χ4n) is 4.29. The summed E-state index contributed by atoms with van der Waals surface area (Å²) in [6, 6.07) is 7.62. The van der Waals surface area contributed by atoms with Gasteiger partial charge in [0.2, 0.25) is 5.91 Å². The Bertz CT molecular complexity index is 758. The maximum Gasteiger partial charge on any atom is 0.239 e. The molecule has 2 saturated heterocycles. The monoisotopic (exact) mass is 445 g/mol. The van der Waals surface area contributed by atoms with E-state index in [1.54, 1.807) is 7.11 Å². The summed E-state index contributed by atoms with van der Waals surface area (Å²) >= 11 is 0. The highest BCUT2D eigenvalue weighted by Gasteiger charge is 2.30. The van der Waals surface area contributed by atoms with Crippen LogP contribution in [-0.4, -0.2) is 98.2 Å². The smallest absolute Gasteiger partial charge is 0.239 e. The average Bonchev–Trinajstić information content (AvgIpc) is 3.36. The fraction of sp³-hybridized carbons (Fsp3) is 0.667. The maximum absolute atomic E-state index is 12.7. The molecule has 0 aromatic heterocycles. The number of nitrogens with one attached hydrogen (secondary N) is 1. The first-order chi connectivity index (χ1) is 15.5. The Morgan fingerprint density at radius 2 is 1.69 bits per heavy atom. The molecule has 178 valence electrons. The van der Waals surface area contributed by atoms with E-state index in [-0.39, 0.29) is 18.1 Å². The third kappa shape index (κ3) is 6.28. The highest BCUT2D eigenvalue weighted by Crippen LogP contribution is 2.26. The molecule has 0 spiro atoms. The zero-order valence-corrected chi connectivity index (χ0v) is 20.0. The van der Waals surface area contributed by atoms with E-state index in [0.29, 0.717) is 6.54 Å². The number of benzene rings is 1. The van der Waals surface area contributed by atoms with Crippen molar-refractivity contribution in [3.8, 4) is 11.5 Å². The Morgan fingerprint density at radius 1 is 1.03 bits per heavy atom. The number of carbonyl (C=O) groups excluding carboxylic acids is 1. The van der Waals surface area contributed by atoms with Gasteiger partial charge < -0.3 is 24.6 Å². The van der Waals surface area contributed by atoms with Gasteiger partial charge in [0.05, 0.1) is 19.7 Å². The number of ether oxygens (including phenoxy) is 2. The van der Waals surface area contributed by atoms with Crippen molar-refractivity contribution in [2.75, 3.05) is 59.5 Å². The van der Waals surface area contributed by atoms with Gasteiger partial charge in [-0.1, -0.05) is 12.1 Å². The molecule has 2 atom stereocenters. The van der Waals surface area contributed by atoms with Gasteiger partial charge >= 0.3 is 0 Å². The van der Waals surface area contributed by atoms with Crippen molar-refractivity contribution in [1.29, 1.82) is 0 Å². The van der Waals surface area contributed by atoms with Crippen molar-refractivity contribution in [3.05, 3.63) is 24.3 Å². The predicted octanol–water partition coefficient (Wildman–Crippen LogP) is 2.06. The van der Waals surface area contributed by atoms with Crippen LogP contribution in [0.25, 0.3) is 0 Å². The normalized spacial score (nSPS) is 19.6. The third-order valence-corrected chi connectivity index (χ3v) is 6.17. The van der Waals surface area contributed by atoms with Gasteiger partial charge in [-0.05, 0) is 45.7 Å². The predicted molar refractivity (Wildman–Crippen MR) is 127 cm³/mol. The number of likely N-dealkylation sites (tertiary alicyclic amines) is 1. The van der Waals surface area contributed by atoms with Crippen molar-refractivity contribution in [2.45, 2.75) is 45.8 Å². The Kier molecular flexibility index (Phi) is 9.02. The van der Waals surface area contributed by atoms with E-state index in [9.17, 15) is 4.79 Å². The van der Waals surface area contributed by atoms with Crippen LogP contribution < -0.4 is 14.8 Å². The number of amides is 1. The van der Waals surface area contributed by atoms with E-state index in [4.69, 9.17) is 14.5 Å². The summed E-state index contributed by atoms with van der Waals surface area (Å²) in [6.07, 6.45) is 2.18. The van der Waals surface area contributed by atoms with Gasteiger partial charge in [-0.15, -0.1) is 0 Å². The Labute approximate surface area is 192 Å². The molecule has 2 heterocycles. The van der Waals surface area contributed by atoms with Crippen LogP contribution in [0, 0.1) is 0 Å². The van der Waals surface area contributed by atoms with Crippen molar-refractivity contribution < 1.29 is 14.3 Å². The first kappa shape index (κ1) is 24.2. The number of aliphatic imine (C=N–C) groups is 1. The minimum absolute atomic E-state index is 0.0518. The molecule has 1 aromatic rings. The van der Waals surface area contributed by atoms with E-state index >= 15 is 0 Å². The Morgan fingerprint density at radius 3 is 2.31 bits per heavy atom. The minimum Gasteiger partial charge on any atom is -0.493 e. The number of carbonyl (C=O) groups is 1. The van der Waals surface area contributed by atoms with Crippen LogP contribution in [0.5, 0.6) is 11.5 Å². The quantitative estimate of drug-likeness (QED) is 0.488. The fourth-order valence-corrected chi connectivity index (χ4v) is 4.29. The van der Waals surface area contributed by atoms with E-state index < -0.39 is 0 Å². The molecule has 2 unspecified atom stereocenters. The molecule has 1 N–H and O–H groups in total. The lowest BCUT2D eigenvalue weighted by Gasteiger charge is -2.39. The highest BCUT2D eigenvalue weighted by molar-refractivity contribution is 5.82.